The van der Waals surface area contributed by atoms with E-state index in [0.717, 1.165) is 12.1 Å². The number of hydrogen-bond donors (Lipinski definition) is 0. The van der Waals surface area contributed by atoms with E-state index >= 15 is 0 Å². The lowest BCUT2D eigenvalue weighted by molar-refractivity contribution is 0.0187. The summed E-state index contributed by atoms with van der Waals surface area (Å²) in [7, 11) is 0. The summed E-state index contributed by atoms with van der Waals surface area (Å²) in [5, 5.41) is 0. The fraction of sp³-hybridized carbons (Fsp3) is 1.00. The molecule has 2 nitrogen and oxygen atoms in total. The number of ether oxygens (including phenoxy) is 1. The molecule has 1 rings (SSSR count). The van der Waals surface area contributed by atoms with Gasteiger partial charge in [-0.15, -0.1) is 0 Å². The first kappa shape index (κ1) is 9.49. The van der Waals surface area contributed by atoms with Crippen molar-refractivity contribution in [2.24, 2.45) is 0 Å². The van der Waals surface area contributed by atoms with Crippen molar-refractivity contribution < 1.29 is 4.74 Å². The minimum absolute atomic E-state index is 0.523. The summed E-state index contributed by atoms with van der Waals surface area (Å²) in [6.45, 7) is 5.28. The van der Waals surface area contributed by atoms with Gasteiger partial charge in [-0.05, 0) is 19.8 Å². The maximum absolute atomic E-state index is 5.53. The van der Waals surface area contributed by atoms with Gasteiger partial charge in [-0.3, -0.25) is 4.90 Å². The highest BCUT2D eigenvalue weighted by atomic mass is 79.9. The van der Waals surface area contributed by atoms with E-state index in [1.165, 1.54) is 25.9 Å². The van der Waals surface area contributed by atoms with Crippen molar-refractivity contribution in [3.8, 4) is 0 Å². The molecule has 11 heavy (non-hydrogen) atoms. The van der Waals surface area contributed by atoms with Crippen LogP contribution >= 0.6 is 15.9 Å². The van der Waals surface area contributed by atoms with Crippen molar-refractivity contribution in [1.82, 2.24) is 4.90 Å². The lowest BCUT2D eigenvalue weighted by Crippen LogP contribution is -2.36. The molecule has 3 heteroatoms. The molecule has 0 aromatic heterocycles. The highest BCUT2D eigenvalue weighted by Crippen LogP contribution is 2.13. The van der Waals surface area contributed by atoms with Crippen LogP contribution in [0, 0.1) is 0 Å². The molecule has 0 unspecified atom stereocenters. The molecule has 1 aliphatic rings. The zero-order chi connectivity index (χ0) is 8.10. The lowest BCUT2D eigenvalue weighted by atomic mass is 10.1. The zero-order valence-corrected chi connectivity index (χ0v) is 8.64. The van der Waals surface area contributed by atoms with E-state index in [2.05, 4.69) is 27.8 Å². The van der Waals surface area contributed by atoms with Gasteiger partial charge in [0.15, 0.2) is 0 Å². The molecule has 0 aliphatic carbocycles. The predicted octanol–water partition coefficient (Wildman–Crippen LogP) is 1.84. The highest BCUT2D eigenvalue weighted by Gasteiger charge is 2.17. The van der Waals surface area contributed by atoms with Crippen LogP contribution in [-0.2, 0) is 4.74 Å². The van der Waals surface area contributed by atoms with Crippen LogP contribution in [0.2, 0.25) is 0 Å². The molecule has 0 N–H and O–H groups in total. The quantitative estimate of drug-likeness (QED) is 0.533. The average molecular weight is 222 g/mol. The summed E-state index contributed by atoms with van der Waals surface area (Å²) in [6.07, 6.45) is 2.91. The Bertz CT molecular complexity index is 102. The Hall–Kier alpha value is 0.400. The first-order valence-corrected chi connectivity index (χ1v) is 5.39. The van der Waals surface area contributed by atoms with Gasteiger partial charge in [0, 0.05) is 19.7 Å². The van der Waals surface area contributed by atoms with Gasteiger partial charge in [0.2, 0.25) is 0 Å². The largest absolute Gasteiger partial charge is 0.378 e. The van der Waals surface area contributed by atoms with E-state index < -0.39 is 0 Å². The molecule has 0 bridgehead atoms. The van der Waals surface area contributed by atoms with Crippen LogP contribution in [0.3, 0.4) is 0 Å². The minimum Gasteiger partial charge on any atom is -0.378 e. The minimum atomic E-state index is 0.523. The molecule has 1 saturated heterocycles. The fourth-order valence-corrected chi connectivity index (χ4v) is 1.93. The molecule has 0 saturated carbocycles. The van der Waals surface area contributed by atoms with Crippen LogP contribution in [0.4, 0.5) is 0 Å². The van der Waals surface area contributed by atoms with Gasteiger partial charge in [0.05, 0.1) is 11.6 Å². The van der Waals surface area contributed by atoms with E-state index in [1.54, 1.807) is 0 Å². The molecule has 1 heterocycles. The van der Waals surface area contributed by atoms with Crippen molar-refractivity contribution >= 4 is 15.9 Å². The van der Waals surface area contributed by atoms with E-state index in [0.29, 0.717) is 6.10 Å². The Morgan fingerprint density at radius 2 is 2.09 bits per heavy atom. The van der Waals surface area contributed by atoms with Gasteiger partial charge in [0.1, 0.15) is 0 Å². The second-order valence-electron chi connectivity index (χ2n) is 2.89. The summed E-state index contributed by atoms with van der Waals surface area (Å²) in [4.78, 5) is 2.40. The number of piperidine rings is 1. The molecule has 0 radical (unpaired) electrons. The molecule has 0 aromatic rings. The maximum atomic E-state index is 5.53. The third-order valence-electron chi connectivity index (χ3n) is 2.11. The Kier molecular flexibility index (Phi) is 4.41. The molecule has 66 valence electrons. The summed E-state index contributed by atoms with van der Waals surface area (Å²) in [5.41, 5.74) is 1.01. The molecular weight excluding hydrogens is 206 g/mol. The SMILES string of the molecule is CCOC1CCN(CBr)CC1. The summed E-state index contributed by atoms with van der Waals surface area (Å²) in [5.74, 6) is 0. The molecule has 1 fully saturated rings. The lowest BCUT2D eigenvalue weighted by Gasteiger charge is -2.29. The smallest absolute Gasteiger partial charge is 0.0599 e. The van der Waals surface area contributed by atoms with Crippen LogP contribution in [-0.4, -0.2) is 36.2 Å². The predicted molar refractivity (Wildman–Crippen MR) is 50.0 cm³/mol. The second-order valence-corrected chi connectivity index (χ2v) is 3.39. The van der Waals surface area contributed by atoms with Gasteiger partial charge in [-0.1, -0.05) is 15.9 Å². The Balaban J connectivity index is 2.14. The normalized spacial score (nSPS) is 22.4. The molecule has 1 aliphatic heterocycles. The standard InChI is InChI=1S/C8H16BrNO/c1-2-11-8-3-5-10(7-9)6-4-8/h8H,2-7H2,1H3. The van der Waals surface area contributed by atoms with E-state index in [-0.39, 0.29) is 0 Å². The Morgan fingerprint density at radius 1 is 1.45 bits per heavy atom. The summed E-state index contributed by atoms with van der Waals surface area (Å²) in [6, 6.07) is 0. The first-order chi connectivity index (χ1) is 5.36. The third-order valence-corrected chi connectivity index (χ3v) is 2.82. The summed E-state index contributed by atoms with van der Waals surface area (Å²) < 4.78 is 5.53. The van der Waals surface area contributed by atoms with Crippen molar-refractivity contribution in [2.75, 3.05) is 25.2 Å². The highest BCUT2D eigenvalue weighted by molar-refractivity contribution is 9.09. The van der Waals surface area contributed by atoms with E-state index in [1.807, 2.05) is 0 Å². The van der Waals surface area contributed by atoms with Crippen molar-refractivity contribution in [1.29, 1.82) is 0 Å². The van der Waals surface area contributed by atoms with Crippen molar-refractivity contribution in [3.63, 3.8) is 0 Å². The fourth-order valence-electron chi connectivity index (χ4n) is 1.43. The van der Waals surface area contributed by atoms with Gasteiger partial charge in [-0.25, -0.2) is 0 Å². The van der Waals surface area contributed by atoms with Crippen LogP contribution < -0.4 is 0 Å². The first-order valence-electron chi connectivity index (χ1n) is 4.26. The average Bonchev–Trinajstić information content (AvgIpc) is 2.07. The topological polar surface area (TPSA) is 12.5 Å². The van der Waals surface area contributed by atoms with Crippen LogP contribution in [0.15, 0.2) is 0 Å². The maximum Gasteiger partial charge on any atom is 0.0599 e. The number of alkyl halides is 1. The number of likely N-dealkylation sites (tertiary alicyclic amines) is 1. The van der Waals surface area contributed by atoms with E-state index in [9.17, 15) is 0 Å². The summed E-state index contributed by atoms with van der Waals surface area (Å²) >= 11 is 3.45. The van der Waals surface area contributed by atoms with Crippen LogP contribution in [0.1, 0.15) is 19.8 Å². The van der Waals surface area contributed by atoms with Crippen molar-refractivity contribution in [2.45, 2.75) is 25.9 Å². The number of rotatable bonds is 3. The third kappa shape index (κ3) is 3.09. The van der Waals surface area contributed by atoms with Gasteiger partial charge in [-0.2, -0.15) is 0 Å². The number of nitrogens with zero attached hydrogens (tertiary/aromatic N) is 1. The molecule has 0 atom stereocenters. The van der Waals surface area contributed by atoms with Gasteiger partial charge < -0.3 is 4.74 Å². The van der Waals surface area contributed by atoms with Gasteiger partial charge >= 0.3 is 0 Å². The van der Waals surface area contributed by atoms with E-state index in [4.69, 9.17) is 4.74 Å². The van der Waals surface area contributed by atoms with Crippen LogP contribution in [0.25, 0.3) is 0 Å². The second kappa shape index (κ2) is 5.12. The molecule has 0 amide bonds. The van der Waals surface area contributed by atoms with Gasteiger partial charge in [0.25, 0.3) is 0 Å². The number of halogens is 1. The van der Waals surface area contributed by atoms with Crippen LogP contribution in [0.5, 0.6) is 0 Å². The molecule has 0 aromatic carbocycles. The Morgan fingerprint density at radius 3 is 2.55 bits per heavy atom. The molecule has 0 spiro atoms. The number of hydrogen-bond acceptors (Lipinski definition) is 2. The van der Waals surface area contributed by atoms with Crippen molar-refractivity contribution in [3.05, 3.63) is 0 Å². The molecular formula is C8H16BrNO. The zero-order valence-electron chi connectivity index (χ0n) is 7.05. The Labute approximate surface area is 77.0 Å². The monoisotopic (exact) mass is 221 g/mol.